The first-order valence-electron chi connectivity index (χ1n) is 7.40. The Morgan fingerprint density at radius 1 is 1.36 bits per heavy atom. The molecule has 1 heterocycles. The predicted octanol–water partition coefficient (Wildman–Crippen LogP) is 2.59. The maximum absolute atomic E-state index is 11.6. The van der Waals surface area contributed by atoms with Crippen molar-refractivity contribution in [2.24, 2.45) is 5.92 Å². The molecule has 2 atom stereocenters. The van der Waals surface area contributed by atoms with Gasteiger partial charge in [0.05, 0.1) is 22.8 Å². The third kappa shape index (κ3) is 4.74. The van der Waals surface area contributed by atoms with Gasteiger partial charge < -0.3 is 20.7 Å². The SMILES string of the molecule is CCNC(=O)NC[C@@H]1CNCCO[C@H]1c1ccc(Cl)c(Cl)c1. The van der Waals surface area contributed by atoms with Crippen LogP contribution in [0.2, 0.25) is 10.0 Å². The van der Waals surface area contributed by atoms with Crippen LogP contribution in [0.1, 0.15) is 18.6 Å². The lowest BCUT2D eigenvalue weighted by atomic mass is 9.95. The first kappa shape index (κ1) is 17.3. The molecular formula is C15H21Cl2N3O2. The summed E-state index contributed by atoms with van der Waals surface area (Å²) < 4.78 is 5.95. The number of hydrogen-bond acceptors (Lipinski definition) is 3. The number of rotatable bonds is 4. The number of amides is 2. The molecule has 22 heavy (non-hydrogen) atoms. The number of carbonyl (C=O) groups excluding carboxylic acids is 1. The van der Waals surface area contributed by atoms with E-state index in [-0.39, 0.29) is 18.1 Å². The molecule has 0 saturated carbocycles. The normalized spacial score (nSPS) is 22.0. The molecule has 0 radical (unpaired) electrons. The second-order valence-electron chi connectivity index (χ2n) is 5.17. The van der Waals surface area contributed by atoms with Crippen LogP contribution in [0.5, 0.6) is 0 Å². The van der Waals surface area contributed by atoms with E-state index in [2.05, 4.69) is 16.0 Å². The van der Waals surface area contributed by atoms with Gasteiger partial charge >= 0.3 is 6.03 Å². The maximum Gasteiger partial charge on any atom is 0.314 e. The third-order valence-corrected chi connectivity index (χ3v) is 4.28. The summed E-state index contributed by atoms with van der Waals surface area (Å²) in [5, 5.41) is 9.95. The summed E-state index contributed by atoms with van der Waals surface area (Å²) in [5.74, 6) is 0.113. The van der Waals surface area contributed by atoms with Gasteiger partial charge in [-0.3, -0.25) is 0 Å². The van der Waals surface area contributed by atoms with Crippen molar-refractivity contribution >= 4 is 29.2 Å². The van der Waals surface area contributed by atoms with Gasteiger partial charge in [-0.25, -0.2) is 4.79 Å². The molecule has 122 valence electrons. The van der Waals surface area contributed by atoms with Crippen LogP contribution in [0.4, 0.5) is 4.79 Å². The van der Waals surface area contributed by atoms with Gasteiger partial charge in [0.15, 0.2) is 0 Å². The molecule has 0 spiro atoms. The molecule has 2 rings (SSSR count). The highest BCUT2D eigenvalue weighted by Crippen LogP contribution is 2.31. The molecule has 1 fully saturated rings. The van der Waals surface area contributed by atoms with Crippen molar-refractivity contribution in [3.63, 3.8) is 0 Å². The molecule has 0 aliphatic carbocycles. The monoisotopic (exact) mass is 345 g/mol. The number of urea groups is 1. The van der Waals surface area contributed by atoms with Crippen LogP contribution in [0.15, 0.2) is 18.2 Å². The fourth-order valence-electron chi connectivity index (χ4n) is 2.47. The van der Waals surface area contributed by atoms with Crippen molar-refractivity contribution in [1.82, 2.24) is 16.0 Å². The fourth-order valence-corrected chi connectivity index (χ4v) is 2.78. The lowest BCUT2D eigenvalue weighted by Crippen LogP contribution is -2.41. The Kier molecular flexibility index (Phi) is 6.76. The number of carbonyl (C=O) groups is 1. The number of benzene rings is 1. The van der Waals surface area contributed by atoms with Crippen molar-refractivity contribution in [1.29, 1.82) is 0 Å². The zero-order chi connectivity index (χ0) is 15.9. The van der Waals surface area contributed by atoms with Crippen LogP contribution >= 0.6 is 23.2 Å². The van der Waals surface area contributed by atoms with E-state index in [0.29, 0.717) is 29.7 Å². The van der Waals surface area contributed by atoms with E-state index in [1.165, 1.54) is 0 Å². The lowest BCUT2D eigenvalue weighted by molar-refractivity contribution is 0.0315. The Morgan fingerprint density at radius 2 is 2.18 bits per heavy atom. The minimum Gasteiger partial charge on any atom is -0.372 e. The van der Waals surface area contributed by atoms with Gasteiger partial charge in [-0.1, -0.05) is 29.3 Å². The Morgan fingerprint density at radius 3 is 2.91 bits per heavy atom. The molecule has 3 N–H and O–H groups in total. The largest absolute Gasteiger partial charge is 0.372 e. The van der Waals surface area contributed by atoms with Crippen LogP contribution < -0.4 is 16.0 Å². The molecule has 1 aromatic carbocycles. The average Bonchev–Trinajstić information content (AvgIpc) is 2.74. The highest BCUT2D eigenvalue weighted by molar-refractivity contribution is 6.42. The van der Waals surface area contributed by atoms with E-state index < -0.39 is 0 Å². The first-order valence-corrected chi connectivity index (χ1v) is 8.16. The number of ether oxygens (including phenoxy) is 1. The van der Waals surface area contributed by atoms with E-state index >= 15 is 0 Å². The second kappa shape index (κ2) is 8.58. The van der Waals surface area contributed by atoms with Gasteiger partial charge in [0.25, 0.3) is 0 Å². The van der Waals surface area contributed by atoms with Gasteiger partial charge in [0, 0.05) is 32.1 Å². The van der Waals surface area contributed by atoms with Crippen LogP contribution in [0.3, 0.4) is 0 Å². The summed E-state index contributed by atoms with van der Waals surface area (Å²) in [6.45, 7) is 5.16. The zero-order valence-corrected chi connectivity index (χ0v) is 14.0. The Labute approximate surface area is 140 Å². The molecule has 1 aromatic rings. The van der Waals surface area contributed by atoms with Gasteiger partial charge in [-0.15, -0.1) is 0 Å². The molecule has 2 amide bonds. The summed E-state index contributed by atoms with van der Waals surface area (Å²) >= 11 is 12.1. The minimum absolute atomic E-state index is 0.113. The topological polar surface area (TPSA) is 62.4 Å². The molecule has 5 nitrogen and oxygen atoms in total. The van der Waals surface area contributed by atoms with Gasteiger partial charge in [0.1, 0.15) is 0 Å². The standard InChI is InChI=1S/C15H21Cl2N3O2/c1-2-19-15(21)20-9-11-8-18-5-6-22-14(11)10-3-4-12(16)13(17)7-10/h3-4,7,11,14,18H,2,5-6,8-9H2,1H3,(H2,19,20,21)/t11-,14-/m0/s1. The highest BCUT2D eigenvalue weighted by Gasteiger charge is 2.27. The second-order valence-corrected chi connectivity index (χ2v) is 5.98. The van der Waals surface area contributed by atoms with Crippen molar-refractivity contribution in [3.05, 3.63) is 33.8 Å². The summed E-state index contributed by atoms with van der Waals surface area (Å²) in [7, 11) is 0. The summed E-state index contributed by atoms with van der Waals surface area (Å²) in [6.07, 6.45) is -0.133. The lowest BCUT2D eigenvalue weighted by Gasteiger charge is -2.25. The van der Waals surface area contributed by atoms with E-state index in [1.54, 1.807) is 6.07 Å². The molecule has 1 aliphatic heterocycles. The molecular weight excluding hydrogens is 325 g/mol. The van der Waals surface area contributed by atoms with Crippen molar-refractivity contribution < 1.29 is 9.53 Å². The molecule has 0 unspecified atom stereocenters. The summed E-state index contributed by atoms with van der Waals surface area (Å²) in [5.41, 5.74) is 0.973. The maximum atomic E-state index is 11.6. The summed E-state index contributed by atoms with van der Waals surface area (Å²) in [4.78, 5) is 11.6. The van der Waals surface area contributed by atoms with Crippen molar-refractivity contribution in [2.45, 2.75) is 13.0 Å². The predicted molar refractivity (Wildman–Crippen MR) is 88.6 cm³/mol. The van der Waals surface area contributed by atoms with Crippen LogP contribution in [0, 0.1) is 5.92 Å². The number of hydrogen-bond donors (Lipinski definition) is 3. The van der Waals surface area contributed by atoms with Gasteiger partial charge in [-0.2, -0.15) is 0 Å². The van der Waals surface area contributed by atoms with Crippen LogP contribution in [0.25, 0.3) is 0 Å². The van der Waals surface area contributed by atoms with Gasteiger partial charge in [0.2, 0.25) is 0 Å². The van der Waals surface area contributed by atoms with E-state index in [1.807, 2.05) is 19.1 Å². The molecule has 0 aromatic heterocycles. The number of halogens is 2. The van der Waals surface area contributed by atoms with E-state index in [4.69, 9.17) is 27.9 Å². The number of nitrogens with one attached hydrogen (secondary N) is 3. The Bertz CT molecular complexity index is 514. The Hall–Kier alpha value is -1.01. The first-order chi connectivity index (χ1) is 10.6. The van der Waals surface area contributed by atoms with Gasteiger partial charge in [-0.05, 0) is 24.6 Å². The van der Waals surface area contributed by atoms with E-state index in [0.717, 1.165) is 18.7 Å². The fraction of sp³-hybridized carbons (Fsp3) is 0.533. The molecule has 1 aliphatic rings. The van der Waals surface area contributed by atoms with Crippen LogP contribution in [-0.2, 0) is 4.74 Å². The van der Waals surface area contributed by atoms with Crippen molar-refractivity contribution in [3.8, 4) is 0 Å². The third-order valence-electron chi connectivity index (χ3n) is 3.55. The zero-order valence-electron chi connectivity index (χ0n) is 12.5. The molecule has 0 bridgehead atoms. The minimum atomic E-state index is -0.167. The van der Waals surface area contributed by atoms with Crippen molar-refractivity contribution in [2.75, 3.05) is 32.8 Å². The van der Waals surface area contributed by atoms with E-state index in [9.17, 15) is 4.79 Å². The summed E-state index contributed by atoms with van der Waals surface area (Å²) in [6, 6.07) is 5.36. The quantitative estimate of drug-likeness (QED) is 0.785. The average molecular weight is 346 g/mol. The van der Waals surface area contributed by atoms with Crippen LogP contribution in [-0.4, -0.2) is 38.8 Å². The molecule has 7 heteroatoms. The molecule has 1 saturated heterocycles. The highest BCUT2D eigenvalue weighted by atomic mass is 35.5. The smallest absolute Gasteiger partial charge is 0.314 e. The Balaban J connectivity index is 2.09.